The van der Waals surface area contributed by atoms with E-state index < -0.39 is 5.54 Å². The molecule has 0 radical (unpaired) electrons. The molecule has 2 aliphatic rings. The molecule has 1 aliphatic heterocycles. The molecular formula is C13H22N2O2. The predicted molar refractivity (Wildman–Crippen MR) is 65.4 cm³/mol. The SMILES string of the molecule is CCC1(CC)C(=O)NCC(=O)N1CCC1CC1. The molecule has 1 saturated carbocycles. The molecule has 1 N–H and O–H groups in total. The Bertz CT molecular complexity index is 319. The maximum Gasteiger partial charge on any atom is 0.246 e. The van der Waals surface area contributed by atoms with E-state index in [2.05, 4.69) is 5.32 Å². The number of nitrogens with zero attached hydrogens (tertiary/aromatic N) is 1. The highest BCUT2D eigenvalue weighted by Gasteiger charge is 2.46. The third kappa shape index (κ3) is 2.17. The Morgan fingerprint density at radius 1 is 1.29 bits per heavy atom. The van der Waals surface area contributed by atoms with Crippen molar-refractivity contribution in [3.05, 3.63) is 0 Å². The maximum absolute atomic E-state index is 12.1. The number of hydrogen-bond acceptors (Lipinski definition) is 2. The minimum atomic E-state index is -0.593. The lowest BCUT2D eigenvalue weighted by Crippen LogP contribution is -2.66. The molecule has 0 atom stereocenters. The standard InChI is InChI=1S/C13H22N2O2/c1-3-13(4-2)12(17)14-9-11(16)15(13)8-7-10-5-6-10/h10H,3-9H2,1-2H3,(H,14,17). The molecule has 0 spiro atoms. The molecule has 1 saturated heterocycles. The second kappa shape index (κ2) is 4.67. The minimum Gasteiger partial charge on any atom is -0.345 e. The van der Waals surface area contributed by atoms with Crippen LogP contribution >= 0.6 is 0 Å². The van der Waals surface area contributed by atoms with Crippen LogP contribution in [0.5, 0.6) is 0 Å². The van der Waals surface area contributed by atoms with Crippen LogP contribution in [0, 0.1) is 5.92 Å². The van der Waals surface area contributed by atoms with E-state index in [0.717, 1.165) is 18.9 Å². The zero-order valence-corrected chi connectivity index (χ0v) is 10.8. The Hall–Kier alpha value is -1.06. The van der Waals surface area contributed by atoms with Crippen molar-refractivity contribution in [2.24, 2.45) is 5.92 Å². The van der Waals surface area contributed by atoms with Crippen LogP contribution < -0.4 is 5.32 Å². The van der Waals surface area contributed by atoms with Gasteiger partial charge in [0.25, 0.3) is 0 Å². The average Bonchev–Trinajstić information content (AvgIpc) is 3.14. The van der Waals surface area contributed by atoms with Crippen LogP contribution in [0.1, 0.15) is 46.0 Å². The van der Waals surface area contributed by atoms with E-state index >= 15 is 0 Å². The second-order valence-corrected chi connectivity index (χ2v) is 5.20. The molecule has 1 heterocycles. The summed E-state index contributed by atoms with van der Waals surface area (Å²) in [5.41, 5.74) is -0.593. The van der Waals surface area contributed by atoms with Gasteiger partial charge in [0.05, 0.1) is 6.54 Å². The van der Waals surface area contributed by atoms with Gasteiger partial charge in [-0.05, 0) is 25.2 Å². The molecule has 2 fully saturated rings. The molecule has 2 amide bonds. The maximum atomic E-state index is 12.1. The fourth-order valence-electron chi connectivity index (χ4n) is 2.79. The Balaban J connectivity index is 2.13. The lowest BCUT2D eigenvalue weighted by molar-refractivity contribution is -0.154. The Kier molecular flexibility index (Phi) is 3.40. The summed E-state index contributed by atoms with van der Waals surface area (Å²) < 4.78 is 0. The summed E-state index contributed by atoms with van der Waals surface area (Å²) in [5, 5.41) is 2.73. The van der Waals surface area contributed by atoms with Crippen LogP contribution in [0.25, 0.3) is 0 Å². The summed E-state index contributed by atoms with van der Waals surface area (Å²) >= 11 is 0. The Morgan fingerprint density at radius 3 is 2.47 bits per heavy atom. The zero-order valence-electron chi connectivity index (χ0n) is 10.8. The summed E-state index contributed by atoms with van der Waals surface area (Å²) in [5.74, 6) is 0.894. The molecule has 0 aromatic heterocycles. The third-order valence-corrected chi connectivity index (χ3v) is 4.27. The van der Waals surface area contributed by atoms with Crippen molar-refractivity contribution in [3.63, 3.8) is 0 Å². The number of hydrogen-bond donors (Lipinski definition) is 1. The van der Waals surface area contributed by atoms with Gasteiger partial charge in [0.2, 0.25) is 11.8 Å². The summed E-state index contributed by atoms with van der Waals surface area (Å²) in [6.07, 6.45) is 5.04. The molecule has 0 aromatic carbocycles. The van der Waals surface area contributed by atoms with Crippen molar-refractivity contribution < 1.29 is 9.59 Å². The smallest absolute Gasteiger partial charge is 0.246 e. The third-order valence-electron chi connectivity index (χ3n) is 4.27. The normalized spacial score (nSPS) is 23.8. The largest absolute Gasteiger partial charge is 0.345 e. The van der Waals surface area contributed by atoms with Gasteiger partial charge in [-0.15, -0.1) is 0 Å². The number of carbonyl (C=O) groups excluding carboxylic acids is 2. The van der Waals surface area contributed by atoms with E-state index in [1.807, 2.05) is 18.7 Å². The topological polar surface area (TPSA) is 49.4 Å². The van der Waals surface area contributed by atoms with E-state index in [9.17, 15) is 9.59 Å². The molecule has 2 rings (SSSR count). The molecule has 4 nitrogen and oxygen atoms in total. The highest BCUT2D eigenvalue weighted by molar-refractivity contribution is 5.97. The van der Waals surface area contributed by atoms with Gasteiger partial charge >= 0.3 is 0 Å². The van der Waals surface area contributed by atoms with Crippen molar-refractivity contribution in [2.45, 2.75) is 51.5 Å². The lowest BCUT2D eigenvalue weighted by Gasteiger charge is -2.45. The monoisotopic (exact) mass is 238 g/mol. The molecule has 1 aliphatic carbocycles. The lowest BCUT2D eigenvalue weighted by atomic mass is 9.87. The van der Waals surface area contributed by atoms with Crippen molar-refractivity contribution in [3.8, 4) is 0 Å². The van der Waals surface area contributed by atoms with Gasteiger partial charge in [0.1, 0.15) is 5.54 Å². The van der Waals surface area contributed by atoms with Gasteiger partial charge in [0, 0.05) is 6.54 Å². The Morgan fingerprint density at radius 2 is 1.94 bits per heavy atom. The van der Waals surface area contributed by atoms with Crippen LogP contribution in [0.4, 0.5) is 0 Å². The van der Waals surface area contributed by atoms with Crippen LogP contribution in [0.3, 0.4) is 0 Å². The van der Waals surface area contributed by atoms with Crippen molar-refractivity contribution in [2.75, 3.05) is 13.1 Å². The first-order valence-corrected chi connectivity index (χ1v) is 6.72. The first-order chi connectivity index (χ1) is 8.14. The van der Waals surface area contributed by atoms with Gasteiger partial charge in [-0.2, -0.15) is 0 Å². The van der Waals surface area contributed by atoms with E-state index in [1.165, 1.54) is 12.8 Å². The first-order valence-electron chi connectivity index (χ1n) is 6.72. The predicted octanol–water partition coefficient (Wildman–Crippen LogP) is 1.30. The number of carbonyl (C=O) groups is 2. The summed E-state index contributed by atoms with van der Waals surface area (Å²) in [6.45, 7) is 4.90. The van der Waals surface area contributed by atoms with Crippen molar-refractivity contribution in [1.82, 2.24) is 10.2 Å². The highest BCUT2D eigenvalue weighted by Crippen LogP contribution is 2.34. The number of rotatable bonds is 5. The van der Waals surface area contributed by atoms with Gasteiger partial charge in [0.15, 0.2) is 0 Å². The van der Waals surface area contributed by atoms with Crippen molar-refractivity contribution in [1.29, 1.82) is 0 Å². The van der Waals surface area contributed by atoms with Gasteiger partial charge in [-0.3, -0.25) is 9.59 Å². The van der Waals surface area contributed by atoms with Gasteiger partial charge in [-0.25, -0.2) is 0 Å². The van der Waals surface area contributed by atoms with Crippen molar-refractivity contribution >= 4 is 11.8 Å². The molecule has 0 bridgehead atoms. The molecule has 0 unspecified atom stereocenters. The summed E-state index contributed by atoms with van der Waals surface area (Å²) in [7, 11) is 0. The number of nitrogens with one attached hydrogen (secondary N) is 1. The average molecular weight is 238 g/mol. The first kappa shape index (κ1) is 12.4. The molecule has 17 heavy (non-hydrogen) atoms. The zero-order chi connectivity index (χ0) is 12.5. The van der Waals surface area contributed by atoms with Crippen LogP contribution in [0.2, 0.25) is 0 Å². The molecule has 0 aromatic rings. The summed E-state index contributed by atoms with van der Waals surface area (Å²) in [4.78, 5) is 25.9. The van der Waals surface area contributed by atoms with E-state index in [4.69, 9.17) is 0 Å². The van der Waals surface area contributed by atoms with E-state index in [0.29, 0.717) is 12.8 Å². The highest BCUT2D eigenvalue weighted by atomic mass is 16.2. The quantitative estimate of drug-likeness (QED) is 0.785. The van der Waals surface area contributed by atoms with Crippen LogP contribution in [-0.2, 0) is 9.59 Å². The molecule has 4 heteroatoms. The van der Waals surface area contributed by atoms with Crippen LogP contribution in [-0.4, -0.2) is 35.3 Å². The van der Waals surface area contributed by atoms with Gasteiger partial charge in [-0.1, -0.05) is 26.7 Å². The van der Waals surface area contributed by atoms with E-state index in [1.54, 1.807) is 0 Å². The fraction of sp³-hybridized carbons (Fsp3) is 0.846. The van der Waals surface area contributed by atoms with Crippen LogP contribution in [0.15, 0.2) is 0 Å². The number of piperazine rings is 1. The molecule has 96 valence electrons. The second-order valence-electron chi connectivity index (χ2n) is 5.20. The Labute approximate surface area is 103 Å². The van der Waals surface area contributed by atoms with E-state index in [-0.39, 0.29) is 18.4 Å². The fourth-order valence-corrected chi connectivity index (χ4v) is 2.79. The minimum absolute atomic E-state index is 0.0258. The molecular weight excluding hydrogens is 216 g/mol. The summed E-state index contributed by atoms with van der Waals surface area (Å²) in [6, 6.07) is 0. The number of amides is 2. The van der Waals surface area contributed by atoms with Gasteiger partial charge < -0.3 is 10.2 Å².